The molecule has 19 heavy (non-hydrogen) atoms. The van der Waals surface area contributed by atoms with E-state index in [1.165, 1.54) is 11.5 Å². The Morgan fingerprint density at radius 3 is 2.79 bits per heavy atom. The number of aryl methyl sites for hydroxylation is 2. The van der Waals surface area contributed by atoms with E-state index in [-0.39, 0.29) is 6.04 Å². The Morgan fingerprint density at radius 1 is 1.32 bits per heavy atom. The average molecular weight is 273 g/mol. The Morgan fingerprint density at radius 2 is 2.16 bits per heavy atom. The number of benzene rings is 1. The minimum atomic E-state index is 0.00630. The van der Waals surface area contributed by atoms with Crippen LogP contribution in [0, 0.1) is 13.8 Å². The van der Waals surface area contributed by atoms with Gasteiger partial charge in [0, 0.05) is 5.39 Å². The molecule has 98 valence electrons. The lowest BCUT2D eigenvalue weighted by atomic mass is 10.1. The van der Waals surface area contributed by atoms with Crippen molar-refractivity contribution in [3.8, 4) is 0 Å². The van der Waals surface area contributed by atoms with Gasteiger partial charge in [-0.3, -0.25) is 0 Å². The van der Waals surface area contributed by atoms with Crippen molar-refractivity contribution < 1.29 is 4.42 Å². The van der Waals surface area contributed by atoms with Crippen molar-refractivity contribution in [2.45, 2.75) is 19.9 Å². The Balaban J connectivity index is 2.12. The lowest BCUT2D eigenvalue weighted by Gasteiger charge is -2.11. The van der Waals surface area contributed by atoms with Gasteiger partial charge in [-0.15, -0.1) is 5.10 Å². The number of rotatable bonds is 3. The molecule has 0 aliphatic carbocycles. The Bertz CT molecular complexity index is 716. The predicted molar refractivity (Wildman–Crippen MR) is 76.5 cm³/mol. The van der Waals surface area contributed by atoms with Gasteiger partial charge in [0.05, 0.1) is 10.6 Å². The van der Waals surface area contributed by atoms with Gasteiger partial charge in [0.1, 0.15) is 17.4 Å². The van der Waals surface area contributed by atoms with Crippen molar-refractivity contribution in [3.63, 3.8) is 0 Å². The molecule has 5 heteroatoms. The van der Waals surface area contributed by atoms with Crippen LogP contribution in [0.5, 0.6) is 0 Å². The molecule has 2 heterocycles. The first-order valence-electron chi connectivity index (χ1n) is 6.16. The summed E-state index contributed by atoms with van der Waals surface area (Å²) < 4.78 is 10.0. The molecule has 0 spiro atoms. The third-order valence-electron chi connectivity index (χ3n) is 3.28. The predicted octanol–water partition coefficient (Wildman–Crippen LogP) is 3.21. The number of furan rings is 1. The zero-order valence-electron chi connectivity index (χ0n) is 11.1. The maximum atomic E-state index is 6.02. The van der Waals surface area contributed by atoms with Crippen molar-refractivity contribution in [1.82, 2.24) is 14.9 Å². The first kappa shape index (κ1) is 12.3. The summed E-state index contributed by atoms with van der Waals surface area (Å²) in [6.07, 6.45) is 0. The minimum absolute atomic E-state index is 0.00630. The van der Waals surface area contributed by atoms with Crippen LogP contribution in [-0.4, -0.2) is 16.6 Å². The Hall–Kier alpha value is -1.72. The highest BCUT2D eigenvalue weighted by Gasteiger charge is 2.21. The fourth-order valence-corrected chi connectivity index (χ4v) is 3.04. The van der Waals surface area contributed by atoms with E-state index in [0.29, 0.717) is 0 Å². The number of hydrogen-bond acceptors (Lipinski definition) is 5. The van der Waals surface area contributed by atoms with Gasteiger partial charge in [-0.05, 0) is 44.1 Å². The molecule has 0 bridgehead atoms. The number of aromatic nitrogens is 2. The molecule has 2 aromatic heterocycles. The smallest absolute Gasteiger partial charge is 0.137 e. The summed E-state index contributed by atoms with van der Waals surface area (Å²) in [5, 5.41) is 8.48. The molecule has 0 saturated carbocycles. The van der Waals surface area contributed by atoms with Crippen molar-refractivity contribution in [2.24, 2.45) is 0 Å². The number of nitrogens with one attached hydrogen (secondary N) is 1. The molecule has 4 nitrogen and oxygen atoms in total. The van der Waals surface area contributed by atoms with Crippen LogP contribution >= 0.6 is 11.5 Å². The van der Waals surface area contributed by atoms with Gasteiger partial charge in [-0.2, -0.15) is 0 Å². The lowest BCUT2D eigenvalue weighted by Crippen LogP contribution is -2.16. The van der Waals surface area contributed by atoms with E-state index in [9.17, 15) is 0 Å². The molecule has 3 aromatic rings. The van der Waals surface area contributed by atoms with E-state index in [1.807, 2.05) is 20.0 Å². The fourth-order valence-electron chi connectivity index (χ4n) is 2.28. The molecule has 0 aliphatic heterocycles. The summed E-state index contributed by atoms with van der Waals surface area (Å²) in [4.78, 5) is 1.10. The summed E-state index contributed by atoms with van der Waals surface area (Å²) in [5.74, 6) is 0.904. The zero-order chi connectivity index (χ0) is 13.4. The van der Waals surface area contributed by atoms with Gasteiger partial charge in [0.15, 0.2) is 0 Å². The number of hydrogen-bond donors (Lipinski definition) is 1. The van der Waals surface area contributed by atoms with E-state index in [4.69, 9.17) is 4.42 Å². The Kier molecular flexibility index (Phi) is 3.08. The van der Waals surface area contributed by atoms with Crippen LogP contribution in [0.25, 0.3) is 11.0 Å². The summed E-state index contributed by atoms with van der Waals surface area (Å²) in [5.41, 5.74) is 3.05. The van der Waals surface area contributed by atoms with E-state index in [2.05, 4.69) is 40.0 Å². The van der Waals surface area contributed by atoms with Crippen LogP contribution in [0.2, 0.25) is 0 Å². The topological polar surface area (TPSA) is 51.0 Å². The molecule has 0 amide bonds. The minimum Gasteiger partial charge on any atom is -0.459 e. The van der Waals surface area contributed by atoms with Crippen LogP contribution in [-0.2, 0) is 0 Å². The molecular weight excluding hydrogens is 258 g/mol. The summed E-state index contributed by atoms with van der Waals surface area (Å²) in [6, 6.07) is 8.27. The van der Waals surface area contributed by atoms with Crippen molar-refractivity contribution in [2.75, 3.05) is 7.05 Å². The third-order valence-corrected chi connectivity index (χ3v) is 4.17. The highest BCUT2D eigenvalue weighted by atomic mass is 32.1. The molecule has 0 radical (unpaired) electrons. The molecule has 0 saturated heterocycles. The molecule has 1 aromatic carbocycles. The lowest BCUT2D eigenvalue weighted by molar-refractivity contribution is 0.492. The normalized spacial score (nSPS) is 13.0. The van der Waals surface area contributed by atoms with Gasteiger partial charge >= 0.3 is 0 Å². The number of para-hydroxylation sites is 1. The molecule has 1 atom stereocenters. The van der Waals surface area contributed by atoms with Crippen molar-refractivity contribution in [1.29, 1.82) is 0 Å². The van der Waals surface area contributed by atoms with E-state index < -0.39 is 0 Å². The first-order chi connectivity index (χ1) is 9.20. The van der Waals surface area contributed by atoms with E-state index in [1.54, 1.807) is 0 Å². The second kappa shape index (κ2) is 4.75. The fraction of sp³-hybridized carbons (Fsp3) is 0.286. The van der Waals surface area contributed by atoms with Gasteiger partial charge < -0.3 is 9.73 Å². The SMILES string of the molecule is CNC(c1cc2cccc(C)c2o1)c1snnc1C. The molecule has 1 N–H and O–H groups in total. The third kappa shape index (κ3) is 2.05. The maximum Gasteiger partial charge on any atom is 0.137 e. The van der Waals surface area contributed by atoms with Gasteiger partial charge in [0.25, 0.3) is 0 Å². The van der Waals surface area contributed by atoms with Crippen molar-refractivity contribution in [3.05, 3.63) is 46.2 Å². The molecule has 3 rings (SSSR count). The maximum absolute atomic E-state index is 6.02. The van der Waals surface area contributed by atoms with Gasteiger partial charge in [0.2, 0.25) is 0 Å². The highest BCUT2D eigenvalue weighted by Crippen LogP contribution is 2.31. The number of fused-ring (bicyclic) bond motifs is 1. The Labute approximate surface area is 115 Å². The van der Waals surface area contributed by atoms with Gasteiger partial charge in [-0.1, -0.05) is 22.7 Å². The summed E-state index contributed by atoms with van der Waals surface area (Å²) in [6.45, 7) is 4.03. The van der Waals surface area contributed by atoms with Crippen LogP contribution in [0.4, 0.5) is 0 Å². The monoisotopic (exact) mass is 273 g/mol. The van der Waals surface area contributed by atoms with Crippen LogP contribution in [0.15, 0.2) is 28.7 Å². The van der Waals surface area contributed by atoms with Gasteiger partial charge in [-0.25, -0.2) is 0 Å². The summed E-state index contributed by atoms with van der Waals surface area (Å²) in [7, 11) is 1.92. The highest BCUT2D eigenvalue weighted by molar-refractivity contribution is 7.05. The zero-order valence-corrected chi connectivity index (χ0v) is 11.9. The number of nitrogens with zero attached hydrogens (tertiary/aromatic N) is 2. The second-order valence-electron chi connectivity index (χ2n) is 4.59. The molecule has 1 unspecified atom stereocenters. The van der Waals surface area contributed by atoms with E-state index in [0.717, 1.165) is 32.9 Å². The largest absolute Gasteiger partial charge is 0.459 e. The van der Waals surface area contributed by atoms with Crippen molar-refractivity contribution >= 4 is 22.5 Å². The summed E-state index contributed by atoms with van der Waals surface area (Å²) >= 11 is 1.41. The second-order valence-corrected chi connectivity index (χ2v) is 5.37. The van der Waals surface area contributed by atoms with Crippen LogP contribution < -0.4 is 5.32 Å². The molecular formula is C14H15N3OS. The standard InChI is InChI=1S/C14H15N3OS/c1-8-5-4-6-10-7-11(18-13(8)10)12(15-3)14-9(2)16-17-19-14/h4-7,12,15H,1-3H3. The van der Waals surface area contributed by atoms with Crippen LogP contribution in [0.3, 0.4) is 0 Å². The first-order valence-corrected chi connectivity index (χ1v) is 6.93. The van der Waals surface area contributed by atoms with Crippen LogP contribution in [0.1, 0.15) is 27.9 Å². The van der Waals surface area contributed by atoms with E-state index >= 15 is 0 Å². The quantitative estimate of drug-likeness (QED) is 0.796. The average Bonchev–Trinajstić information content (AvgIpc) is 2.99. The molecule has 0 aliphatic rings. The molecule has 0 fully saturated rings.